The molecule has 3 heterocycles. The number of aliphatic hydroxyl groups excluding tert-OH is 1. The minimum absolute atomic E-state index is 0.0110. The van der Waals surface area contributed by atoms with E-state index in [4.69, 9.17) is 4.74 Å². The summed E-state index contributed by atoms with van der Waals surface area (Å²) < 4.78 is 5.92. The Kier molecular flexibility index (Phi) is 6.59. The average Bonchev–Trinajstić information content (AvgIpc) is 2.73. The lowest BCUT2D eigenvalue weighted by atomic mass is 10.1. The Labute approximate surface area is 159 Å². The zero-order valence-corrected chi connectivity index (χ0v) is 15.5. The summed E-state index contributed by atoms with van der Waals surface area (Å²) in [4.78, 5) is 22.9. The highest BCUT2D eigenvalue weighted by Gasteiger charge is 2.25. The van der Waals surface area contributed by atoms with Crippen LogP contribution in [0.5, 0.6) is 5.75 Å². The van der Waals surface area contributed by atoms with Crippen LogP contribution in [0.4, 0.5) is 5.82 Å². The van der Waals surface area contributed by atoms with Gasteiger partial charge in [-0.3, -0.25) is 9.78 Å². The van der Waals surface area contributed by atoms with E-state index in [9.17, 15) is 9.90 Å². The van der Waals surface area contributed by atoms with Crippen LogP contribution in [0.2, 0.25) is 0 Å². The molecule has 1 saturated heterocycles. The number of rotatable bonds is 7. The quantitative estimate of drug-likeness (QED) is 0.778. The van der Waals surface area contributed by atoms with Crippen molar-refractivity contribution in [3.8, 4) is 5.75 Å². The Morgan fingerprint density at radius 3 is 2.74 bits per heavy atom. The Balaban J connectivity index is 1.51. The number of carbonyl (C=O) groups is 1. The van der Waals surface area contributed by atoms with Crippen molar-refractivity contribution in [2.75, 3.05) is 25.0 Å². The van der Waals surface area contributed by atoms with E-state index in [1.165, 1.54) is 0 Å². The van der Waals surface area contributed by atoms with E-state index in [-0.39, 0.29) is 24.7 Å². The number of likely N-dealkylation sites (tertiary alicyclic amines) is 1. The second-order valence-corrected chi connectivity index (χ2v) is 6.66. The van der Waals surface area contributed by atoms with Crippen LogP contribution in [0.15, 0.2) is 42.9 Å². The third kappa shape index (κ3) is 5.17. The number of aromatic nitrogens is 2. The fourth-order valence-electron chi connectivity index (χ4n) is 3.06. The molecule has 0 bridgehead atoms. The van der Waals surface area contributed by atoms with Gasteiger partial charge in [0.05, 0.1) is 24.4 Å². The number of pyridine rings is 2. The second kappa shape index (κ2) is 9.32. The predicted molar refractivity (Wildman–Crippen MR) is 103 cm³/mol. The summed E-state index contributed by atoms with van der Waals surface area (Å²) in [5, 5.41) is 12.4. The lowest BCUT2D eigenvalue weighted by Crippen LogP contribution is -2.41. The number of anilines is 1. The van der Waals surface area contributed by atoms with Crippen LogP contribution in [-0.2, 0) is 0 Å². The molecule has 1 aliphatic heterocycles. The van der Waals surface area contributed by atoms with E-state index in [1.54, 1.807) is 30.7 Å². The Bertz CT molecular complexity index is 712. The first kappa shape index (κ1) is 19.1. The third-order valence-corrected chi connectivity index (χ3v) is 4.74. The van der Waals surface area contributed by atoms with Gasteiger partial charge in [-0.15, -0.1) is 0 Å². The van der Waals surface area contributed by atoms with E-state index >= 15 is 0 Å². The van der Waals surface area contributed by atoms with Gasteiger partial charge in [-0.2, -0.15) is 0 Å². The first-order valence-corrected chi connectivity index (χ1v) is 9.39. The van der Waals surface area contributed by atoms with Crippen molar-refractivity contribution >= 4 is 11.7 Å². The SMILES string of the molecule is CC[C@@H](CO)Nc1ccc(C(=O)N2CCC(Oc3cccnc3)CC2)cn1. The zero-order chi connectivity index (χ0) is 19.1. The zero-order valence-electron chi connectivity index (χ0n) is 15.5. The molecule has 144 valence electrons. The van der Waals surface area contributed by atoms with Crippen LogP contribution < -0.4 is 10.1 Å². The fraction of sp³-hybridized carbons (Fsp3) is 0.450. The maximum atomic E-state index is 12.7. The summed E-state index contributed by atoms with van der Waals surface area (Å²) in [6.07, 6.45) is 7.51. The molecule has 0 aliphatic carbocycles. The van der Waals surface area contributed by atoms with E-state index < -0.39 is 0 Å². The van der Waals surface area contributed by atoms with Crippen molar-refractivity contribution in [3.05, 3.63) is 48.4 Å². The van der Waals surface area contributed by atoms with E-state index in [2.05, 4.69) is 15.3 Å². The normalized spacial score (nSPS) is 16.0. The number of nitrogens with one attached hydrogen (secondary N) is 1. The van der Waals surface area contributed by atoms with Gasteiger partial charge in [-0.1, -0.05) is 6.92 Å². The molecule has 0 unspecified atom stereocenters. The van der Waals surface area contributed by atoms with Gasteiger partial charge in [-0.25, -0.2) is 4.98 Å². The van der Waals surface area contributed by atoms with Crippen molar-refractivity contribution in [2.45, 2.75) is 38.3 Å². The maximum absolute atomic E-state index is 12.7. The summed E-state index contributed by atoms with van der Waals surface area (Å²) in [6.45, 7) is 3.36. The summed E-state index contributed by atoms with van der Waals surface area (Å²) >= 11 is 0. The van der Waals surface area contributed by atoms with Crippen LogP contribution in [-0.4, -0.2) is 57.7 Å². The molecule has 1 atom stereocenters. The molecular formula is C20H26N4O3. The average molecular weight is 370 g/mol. The number of aliphatic hydroxyl groups is 1. The van der Waals surface area contributed by atoms with Gasteiger partial charge >= 0.3 is 0 Å². The summed E-state index contributed by atoms with van der Waals surface area (Å²) in [7, 11) is 0. The van der Waals surface area contributed by atoms with Gasteiger partial charge in [0, 0.05) is 38.3 Å². The number of ether oxygens (including phenoxy) is 1. The molecule has 27 heavy (non-hydrogen) atoms. The van der Waals surface area contributed by atoms with E-state index in [1.807, 2.05) is 24.0 Å². The fourth-order valence-corrected chi connectivity index (χ4v) is 3.06. The molecule has 0 spiro atoms. The van der Waals surface area contributed by atoms with Crippen LogP contribution >= 0.6 is 0 Å². The van der Waals surface area contributed by atoms with E-state index in [0.717, 1.165) is 25.0 Å². The summed E-state index contributed by atoms with van der Waals surface area (Å²) in [6, 6.07) is 7.27. The molecule has 1 fully saturated rings. The maximum Gasteiger partial charge on any atom is 0.255 e. The highest BCUT2D eigenvalue weighted by atomic mass is 16.5. The van der Waals surface area contributed by atoms with Gasteiger partial charge in [0.2, 0.25) is 0 Å². The number of nitrogens with zero attached hydrogens (tertiary/aromatic N) is 3. The van der Waals surface area contributed by atoms with Crippen molar-refractivity contribution in [1.29, 1.82) is 0 Å². The largest absolute Gasteiger partial charge is 0.489 e. The van der Waals surface area contributed by atoms with Gasteiger partial charge < -0.3 is 20.1 Å². The molecule has 7 heteroatoms. The highest BCUT2D eigenvalue weighted by Crippen LogP contribution is 2.19. The van der Waals surface area contributed by atoms with Crippen LogP contribution in [0, 0.1) is 0 Å². The highest BCUT2D eigenvalue weighted by molar-refractivity contribution is 5.94. The van der Waals surface area contributed by atoms with Crippen molar-refractivity contribution in [1.82, 2.24) is 14.9 Å². The lowest BCUT2D eigenvalue weighted by molar-refractivity contribution is 0.0594. The van der Waals surface area contributed by atoms with Crippen molar-refractivity contribution < 1.29 is 14.6 Å². The predicted octanol–water partition coefficient (Wildman–Crippen LogP) is 2.34. The number of piperidine rings is 1. The molecule has 1 amide bonds. The third-order valence-electron chi connectivity index (χ3n) is 4.74. The molecule has 2 aromatic rings. The number of hydrogen-bond donors (Lipinski definition) is 2. The van der Waals surface area contributed by atoms with Gasteiger partial charge in [0.15, 0.2) is 0 Å². The minimum Gasteiger partial charge on any atom is -0.489 e. The molecule has 2 aromatic heterocycles. The first-order valence-electron chi connectivity index (χ1n) is 9.39. The Hall–Kier alpha value is -2.67. The second-order valence-electron chi connectivity index (χ2n) is 6.66. The van der Waals surface area contributed by atoms with Gasteiger partial charge in [0.1, 0.15) is 17.7 Å². The standard InChI is InChI=1S/C20H26N4O3/c1-2-16(14-25)23-19-6-5-15(12-22-19)20(26)24-10-7-17(8-11-24)27-18-4-3-9-21-13-18/h3-6,9,12-13,16-17,25H,2,7-8,10-11,14H2,1H3,(H,22,23)/t16-/m0/s1. The molecular weight excluding hydrogens is 344 g/mol. The van der Waals surface area contributed by atoms with E-state index in [0.29, 0.717) is 24.5 Å². The minimum atomic E-state index is -0.0297. The molecule has 3 rings (SSSR count). The Morgan fingerprint density at radius 1 is 1.33 bits per heavy atom. The number of hydrogen-bond acceptors (Lipinski definition) is 6. The molecule has 0 saturated carbocycles. The Morgan fingerprint density at radius 2 is 2.15 bits per heavy atom. The van der Waals surface area contributed by atoms with Crippen LogP contribution in [0.3, 0.4) is 0 Å². The summed E-state index contributed by atoms with van der Waals surface area (Å²) in [5.41, 5.74) is 0.573. The van der Waals surface area contributed by atoms with Crippen molar-refractivity contribution in [3.63, 3.8) is 0 Å². The smallest absolute Gasteiger partial charge is 0.255 e. The van der Waals surface area contributed by atoms with Gasteiger partial charge in [-0.05, 0) is 30.7 Å². The number of amides is 1. The first-order chi connectivity index (χ1) is 13.2. The van der Waals surface area contributed by atoms with Crippen LogP contribution in [0.25, 0.3) is 0 Å². The molecule has 0 aromatic carbocycles. The summed E-state index contributed by atoms with van der Waals surface area (Å²) in [5.74, 6) is 1.42. The number of carbonyl (C=O) groups excluding carboxylic acids is 1. The monoisotopic (exact) mass is 370 g/mol. The van der Waals surface area contributed by atoms with Crippen LogP contribution in [0.1, 0.15) is 36.5 Å². The molecule has 1 aliphatic rings. The molecule has 7 nitrogen and oxygen atoms in total. The lowest BCUT2D eigenvalue weighted by Gasteiger charge is -2.32. The molecule has 0 radical (unpaired) electrons. The topological polar surface area (TPSA) is 87.6 Å². The molecule has 2 N–H and O–H groups in total. The van der Waals surface area contributed by atoms with Gasteiger partial charge in [0.25, 0.3) is 5.91 Å². The van der Waals surface area contributed by atoms with Crippen molar-refractivity contribution in [2.24, 2.45) is 0 Å².